The van der Waals surface area contributed by atoms with E-state index in [1.165, 1.54) is 18.2 Å². The molecule has 2 rings (SSSR count). The molecule has 0 spiro atoms. The van der Waals surface area contributed by atoms with Gasteiger partial charge in [-0.25, -0.2) is 4.79 Å². The Balaban J connectivity index is 2.28. The van der Waals surface area contributed by atoms with Crippen LogP contribution in [-0.4, -0.2) is 41.6 Å². The smallest absolute Gasteiger partial charge is 0.358 e. The van der Waals surface area contributed by atoms with Crippen molar-refractivity contribution in [2.45, 2.75) is 6.42 Å². The number of esters is 1. The maximum Gasteiger partial charge on any atom is 0.358 e. The van der Waals surface area contributed by atoms with Crippen LogP contribution in [0.3, 0.4) is 0 Å². The largest absolute Gasteiger partial charge is 0.464 e. The first-order valence-electron chi connectivity index (χ1n) is 5.26. The number of aromatic amines is 1. The third-order valence-electron chi connectivity index (χ3n) is 2.83. The molecule has 8 heteroatoms. The molecular weight excluding hydrogens is 240 g/mol. The highest BCUT2D eigenvalue weighted by atomic mass is 16.5. The maximum absolute atomic E-state index is 11.8. The molecule has 1 aliphatic heterocycles. The van der Waals surface area contributed by atoms with Crippen molar-refractivity contribution >= 4 is 23.5 Å². The molecule has 1 aromatic rings. The lowest BCUT2D eigenvalue weighted by atomic mass is 10.1. The number of nitrogens with two attached hydrogens (primary N) is 1. The lowest BCUT2D eigenvalue weighted by Crippen LogP contribution is -2.29. The van der Waals surface area contributed by atoms with E-state index < -0.39 is 17.8 Å². The molecule has 0 saturated carbocycles. The van der Waals surface area contributed by atoms with Gasteiger partial charge in [0.25, 0.3) is 0 Å². The van der Waals surface area contributed by atoms with Crippen molar-refractivity contribution in [3.8, 4) is 0 Å². The number of ether oxygens (including phenoxy) is 1. The standard InChI is InChI=1S/C10H12N4O4/c1-18-10(17)8-6(3-12-13-8)14-4-5(9(11)16)2-7(14)15/h3,5H,2,4H2,1H3,(H2,11,16)(H,12,13). The maximum atomic E-state index is 11.8. The van der Waals surface area contributed by atoms with Gasteiger partial charge in [-0.1, -0.05) is 0 Å². The molecule has 8 nitrogen and oxygen atoms in total. The van der Waals surface area contributed by atoms with Gasteiger partial charge in [-0.15, -0.1) is 0 Å². The number of primary amides is 1. The Labute approximate surface area is 102 Å². The average Bonchev–Trinajstić information content (AvgIpc) is 2.93. The summed E-state index contributed by atoms with van der Waals surface area (Å²) in [4.78, 5) is 35.6. The Kier molecular flexibility index (Phi) is 3.00. The number of carbonyl (C=O) groups excluding carboxylic acids is 3. The molecule has 0 bridgehead atoms. The third-order valence-corrected chi connectivity index (χ3v) is 2.83. The number of amides is 2. The molecular formula is C10H12N4O4. The molecule has 1 unspecified atom stereocenters. The number of nitrogens with one attached hydrogen (secondary N) is 1. The fraction of sp³-hybridized carbons (Fsp3) is 0.400. The second-order valence-corrected chi connectivity index (χ2v) is 3.93. The minimum atomic E-state index is -0.627. The molecule has 0 aliphatic carbocycles. The van der Waals surface area contributed by atoms with Crippen molar-refractivity contribution in [3.05, 3.63) is 11.9 Å². The highest BCUT2D eigenvalue weighted by Gasteiger charge is 2.36. The number of rotatable bonds is 3. The average molecular weight is 252 g/mol. The van der Waals surface area contributed by atoms with E-state index in [1.807, 2.05) is 0 Å². The number of hydrogen-bond donors (Lipinski definition) is 2. The van der Waals surface area contributed by atoms with Crippen molar-refractivity contribution in [1.29, 1.82) is 0 Å². The van der Waals surface area contributed by atoms with Gasteiger partial charge in [-0.05, 0) is 0 Å². The summed E-state index contributed by atoms with van der Waals surface area (Å²) < 4.78 is 4.56. The van der Waals surface area contributed by atoms with Crippen LogP contribution in [0, 0.1) is 5.92 Å². The Morgan fingerprint density at radius 2 is 2.33 bits per heavy atom. The minimum Gasteiger partial charge on any atom is -0.464 e. The molecule has 1 atom stereocenters. The number of methoxy groups -OCH3 is 1. The summed E-state index contributed by atoms with van der Waals surface area (Å²) in [6, 6.07) is 0. The number of H-pyrrole nitrogens is 1. The molecule has 0 radical (unpaired) electrons. The van der Waals surface area contributed by atoms with Crippen molar-refractivity contribution in [2.24, 2.45) is 11.7 Å². The number of hydrogen-bond acceptors (Lipinski definition) is 5. The Hall–Kier alpha value is -2.38. The van der Waals surface area contributed by atoms with Crippen LogP contribution in [-0.2, 0) is 14.3 Å². The van der Waals surface area contributed by atoms with E-state index >= 15 is 0 Å². The van der Waals surface area contributed by atoms with E-state index in [9.17, 15) is 14.4 Å². The van der Waals surface area contributed by atoms with E-state index in [0.717, 1.165) is 0 Å². The number of aromatic nitrogens is 2. The van der Waals surface area contributed by atoms with Crippen LogP contribution in [0.15, 0.2) is 6.20 Å². The van der Waals surface area contributed by atoms with E-state index in [4.69, 9.17) is 5.73 Å². The molecule has 0 aromatic carbocycles. The van der Waals surface area contributed by atoms with E-state index in [1.54, 1.807) is 0 Å². The molecule has 1 saturated heterocycles. The van der Waals surface area contributed by atoms with Gasteiger partial charge in [0.05, 0.1) is 24.9 Å². The quantitative estimate of drug-likeness (QED) is 0.671. The van der Waals surface area contributed by atoms with Crippen molar-refractivity contribution in [3.63, 3.8) is 0 Å². The van der Waals surface area contributed by atoms with Gasteiger partial charge >= 0.3 is 5.97 Å². The van der Waals surface area contributed by atoms with Crippen LogP contribution in [0.25, 0.3) is 0 Å². The van der Waals surface area contributed by atoms with E-state index in [2.05, 4.69) is 14.9 Å². The molecule has 1 fully saturated rings. The molecule has 18 heavy (non-hydrogen) atoms. The first kappa shape index (κ1) is 12.1. The predicted octanol–water partition coefficient (Wildman–Crippen LogP) is -0.965. The van der Waals surface area contributed by atoms with E-state index in [0.29, 0.717) is 5.69 Å². The summed E-state index contributed by atoms with van der Waals surface area (Å²) in [7, 11) is 1.23. The van der Waals surface area contributed by atoms with Gasteiger partial charge in [0.2, 0.25) is 11.8 Å². The van der Waals surface area contributed by atoms with Gasteiger partial charge < -0.3 is 15.4 Å². The zero-order valence-electron chi connectivity index (χ0n) is 9.67. The van der Waals surface area contributed by atoms with Crippen LogP contribution in [0.4, 0.5) is 5.69 Å². The monoisotopic (exact) mass is 252 g/mol. The lowest BCUT2D eigenvalue weighted by Gasteiger charge is -2.14. The van der Waals surface area contributed by atoms with Crippen LogP contribution >= 0.6 is 0 Å². The van der Waals surface area contributed by atoms with E-state index in [-0.39, 0.29) is 24.6 Å². The fourth-order valence-corrected chi connectivity index (χ4v) is 1.87. The summed E-state index contributed by atoms with van der Waals surface area (Å²) in [5.74, 6) is -1.98. The predicted molar refractivity (Wildman–Crippen MR) is 59.6 cm³/mol. The molecule has 96 valence electrons. The van der Waals surface area contributed by atoms with Gasteiger partial charge in [-0.3, -0.25) is 14.7 Å². The zero-order chi connectivity index (χ0) is 13.3. The number of nitrogens with zero attached hydrogens (tertiary/aromatic N) is 2. The van der Waals surface area contributed by atoms with Crippen molar-refractivity contribution in [2.75, 3.05) is 18.6 Å². The SMILES string of the molecule is COC(=O)c1[nH]ncc1N1CC(C(N)=O)CC1=O. The van der Waals surface area contributed by atoms with Gasteiger partial charge in [0, 0.05) is 13.0 Å². The Morgan fingerprint density at radius 1 is 1.61 bits per heavy atom. The van der Waals surface area contributed by atoms with Crippen molar-refractivity contribution < 1.29 is 19.1 Å². The summed E-state index contributed by atoms with van der Waals surface area (Å²) in [5, 5.41) is 6.17. The number of carbonyl (C=O) groups is 3. The summed E-state index contributed by atoms with van der Waals surface area (Å²) in [6.45, 7) is 0.150. The van der Waals surface area contributed by atoms with Crippen LogP contribution in [0.5, 0.6) is 0 Å². The highest BCUT2D eigenvalue weighted by Crippen LogP contribution is 2.27. The molecule has 1 aliphatic rings. The number of anilines is 1. The van der Waals surface area contributed by atoms with Gasteiger partial charge in [-0.2, -0.15) is 5.10 Å². The lowest BCUT2D eigenvalue weighted by molar-refractivity contribution is -0.123. The normalized spacial score (nSPS) is 19.1. The third kappa shape index (κ3) is 1.92. The second kappa shape index (κ2) is 4.47. The first-order chi connectivity index (χ1) is 8.54. The highest BCUT2D eigenvalue weighted by molar-refractivity contribution is 6.04. The second-order valence-electron chi connectivity index (χ2n) is 3.93. The van der Waals surface area contributed by atoms with Gasteiger partial charge in [0.1, 0.15) is 0 Å². The van der Waals surface area contributed by atoms with Gasteiger partial charge in [0.15, 0.2) is 5.69 Å². The molecule has 3 N–H and O–H groups in total. The minimum absolute atomic E-state index is 0.0428. The summed E-state index contributed by atoms with van der Waals surface area (Å²) >= 11 is 0. The Morgan fingerprint density at radius 3 is 2.89 bits per heavy atom. The molecule has 1 aromatic heterocycles. The topological polar surface area (TPSA) is 118 Å². The summed E-state index contributed by atoms with van der Waals surface area (Å²) in [6.07, 6.45) is 1.38. The first-order valence-corrected chi connectivity index (χ1v) is 5.26. The van der Waals surface area contributed by atoms with Crippen molar-refractivity contribution in [1.82, 2.24) is 10.2 Å². The molecule has 2 amide bonds. The summed E-state index contributed by atoms with van der Waals surface area (Å²) in [5.41, 5.74) is 5.55. The zero-order valence-corrected chi connectivity index (χ0v) is 9.67. The Bertz CT molecular complexity index is 510. The van der Waals surface area contributed by atoms with Crippen LogP contribution in [0.1, 0.15) is 16.9 Å². The van der Waals surface area contributed by atoms with Crippen LogP contribution < -0.4 is 10.6 Å². The fourth-order valence-electron chi connectivity index (χ4n) is 1.87. The molecule has 2 heterocycles. The van der Waals surface area contributed by atoms with Crippen LogP contribution in [0.2, 0.25) is 0 Å².